The van der Waals surface area contributed by atoms with Crippen LogP contribution in [0.5, 0.6) is 5.75 Å². The number of carboxylic acid groups (broad SMARTS) is 1. The number of nitrogens with one attached hydrogen (secondary N) is 12. The minimum atomic E-state index is -1.83. The van der Waals surface area contributed by atoms with Gasteiger partial charge >= 0.3 is 5.97 Å². The molecule has 0 unspecified atom stereocenters. The van der Waals surface area contributed by atoms with Crippen LogP contribution in [0, 0.1) is 29.6 Å². The first-order valence-corrected chi connectivity index (χ1v) is 36.3. The Kier molecular flexibility index (Phi) is 44.0. The average Bonchev–Trinajstić information content (AvgIpc) is 0.848. The summed E-state index contributed by atoms with van der Waals surface area (Å²) in [5.41, 5.74) is 29.5. The molecule has 34 heteroatoms. The van der Waals surface area contributed by atoms with Crippen LogP contribution in [0.3, 0.4) is 0 Å². The summed E-state index contributed by atoms with van der Waals surface area (Å²) in [6, 6.07) is -12.3. The van der Waals surface area contributed by atoms with Crippen LogP contribution in [0.15, 0.2) is 24.3 Å². The first-order chi connectivity index (χ1) is 48.8. The van der Waals surface area contributed by atoms with Crippen LogP contribution < -0.4 is 92.5 Å². The van der Waals surface area contributed by atoms with Crippen molar-refractivity contribution in [1.29, 1.82) is 0 Å². The zero-order valence-corrected chi connectivity index (χ0v) is 63.1. The van der Waals surface area contributed by atoms with E-state index in [1.807, 2.05) is 0 Å². The number of carbonyl (C=O) groups excluding carboxylic acids is 12. The van der Waals surface area contributed by atoms with Crippen molar-refractivity contribution in [3.05, 3.63) is 29.8 Å². The average molecular weight is 1480 g/mol. The molecule has 0 fully saturated rings. The van der Waals surface area contributed by atoms with Gasteiger partial charge in [0.2, 0.25) is 70.9 Å². The summed E-state index contributed by atoms with van der Waals surface area (Å²) < 4.78 is 0. The Bertz CT molecular complexity index is 2900. The number of carboxylic acids is 1. The molecular formula is C70H125N17O17. The monoisotopic (exact) mass is 1480 g/mol. The molecule has 15 atom stereocenters. The van der Waals surface area contributed by atoms with E-state index in [0.717, 1.165) is 13.8 Å². The van der Waals surface area contributed by atoms with E-state index >= 15 is 0 Å². The van der Waals surface area contributed by atoms with Crippen LogP contribution in [-0.2, 0) is 68.7 Å². The Hall–Kier alpha value is -8.15. The van der Waals surface area contributed by atoms with Crippen molar-refractivity contribution in [2.75, 3.05) is 26.2 Å². The lowest BCUT2D eigenvalue weighted by Crippen LogP contribution is -2.63. The van der Waals surface area contributed by atoms with E-state index in [-0.39, 0.29) is 56.9 Å². The molecule has 34 nitrogen and oxygen atoms in total. The molecule has 0 bridgehead atoms. The molecule has 0 aliphatic heterocycles. The van der Waals surface area contributed by atoms with E-state index in [1.165, 1.54) is 31.2 Å². The molecule has 0 heterocycles. The van der Waals surface area contributed by atoms with Crippen molar-refractivity contribution >= 4 is 76.9 Å². The third-order valence-corrected chi connectivity index (χ3v) is 17.2. The topological polar surface area (TPSA) is 577 Å². The number of phenols is 1. The van der Waals surface area contributed by atoms with Gasteiger partial charge in [-0.3, -0.25) is 57.5 Å². The predicted octanol–water partition coefficient (Wildman–Crippen LogP) is -2.87. The Balaban J connectivity index is 3.47. The smallest absolute Gasteiger partial charge is 0.326 e. The van der Waals surface area contributed by atoms with Crippen molar-refractivity contribution in [1.82, 2.24) is 63.8 Å². The Morgan fingerprint density at radius 1 is 0.337 bits per heavy atom. The second-order valence-corrected chi connectivity index (χ2v) is 28.5. The zero-order valence-electron chi connectivity index (χ0n) is 63.1. The van der Waals surface area contributed by atoms with E-state index < -0.39 is 191 Å². The van der Waals surface area contributed by atoms with Gasteiger partial charge in [0, 0.05) is 6.42 Å². The Morgan fingerprint density at radius 3 is 1.00 bits per heavy atom. The number of phenolic OH excluding ortho intramolecular Hbond substituents is 1. The highest BCUT2D eigenvalue weighted by Gasteiger charge is 2.40. The SMILES string of the molecule is CC(C)C[C@H](NC(=O)[C@@H](NC(=O)[C@H](Cc1ccc(O)cc1)NC(=O)[C@@H](NC(=O)[C@H](C)NC(=O)[C@@H](NC(=O)[C@@H](NC(=O)[C@@H](NC(=O)[C@H](CCCCN)NC(=O)[C@H](CCCCN)NC(=O)[C@H](CCCCN)NC(=O)[C@@H](N)CCCCN)C(C)C)C(C)C)[C@@H](C)O)[C@@H](C)O)C(C)C)C(=O)N[C@H](C(=O)O)C(C)C. The van der Waals surface area contributed by atoms with Gasteiger partial charge in [-0.15, -0.1) is 0 Å². The van der Waals surface area contributed by atoms with Crippen molar-refractivity contribution in [2.24, 2.45) is 58.3 Å². The van der Waals surface area contributed by atoms with Gasteiger partial charge in [-0.25, -0.2) is 4.79 Å². The fraction of sp³-hybridized carbons (Fsp3) is 0.729. The predicted molar refractivity (Wildman–Crippen MR) is 390 cm³/mol. The van der Waals surface area contributed by atoms with Crippen LogP contribution >= 0.6 is 0 Å². The minimum Gasteiger partial charge on any atom is -0.508 e. The molecule has 592 valence electrons. The highest BCUT2D eigenvalue weighted by Crippen LogP contribution is 2.17. The number of aliphatic carboxylic acids is 1. The lowest BCUT2D eigenvalue weighted by Gasteiger charge is -2.30. The van der Waals surface area contributed by atoms with Crippen molar-refractivity contribution < 1.29 is 82.8 Å². The highest BCUT2D eigenvalue weighted by molar-refractivity contribution is 6.00. The zero-order chi connectivity index (χ0) is 79.2. The maximum Gasteiger partial charge on any atom is 0.326 e. The third kappa shape index (κ3) is 34.2. The number of hydrogen-bond acceptors (Lipinski definition) is 21. The number of aliphatic hydroxyl groups excluding tert-OH is 2. The maximum atomic E-state index is 14.4. The van der Waals surface area contributed by atoms with Gasteiger partial charge < -0.3 is 113 Å². The third-order valence-electron chi connectivity index (χ3n) is 17.2. The van der Waals surface area contributed by atoms with Crippen LogP contribution in [-0.4, -0.2) is 214 Å². The fourth-order valence-electron chi connectivity index (χ4n) is 10.9. The van der Waals surface area contributed by atoms with Crippen LogP contribution in [0.25, 0.3) is 0 Å². The summed E-state index contributed by atoms with van der Waals surface area (Å²) in [6.45, 7) is 21.1. The standard InChI is InChI=1S/C70H125N17O17/c1-36(2)34-50(63(96)85-55(40(9)10)70(103)104)80-65(98)52(37(3)4)83-64(97)51(35-44-26-28-45(90)29-27-44)81-69(102)57(43(13)89)86-58(91)41(11)76-68(101)56(42(12)88)87-67(100)54(39(7)8)84-66(99)53(38(5)6)82-62(95)49(25-17-21-33-74)79-61(94)48(24-16-20-32-73)78-60(93)47(23-15-19-31-72)77-59(92)46(75)22-14-18-30-71/h26-29,36-43,46-57,88-90H,14-25,30-35,71-75H2,1-13H3,(H,76,101)(H,77,92)(H,78,93)(H,79,94)(H,80,98)(H,81,102)(H,82,95)(H,83,97)(H,84,99)(H,85,96)(H,86,91)(H,87,100)(H,103,104)/t41-,42+,43+,46-,47-,48-,49-,50-,51-,52-,53-,54-,55-,56-,57-/m0/s1. The molecule has 0 saturated heterocycles. The number of nitrogens with two attached hydrogens (primary N) is 5. The number of unbranched alkanes of at least 4 members (excludes halogenated alkanes) is 4. The second kappa shape index (κ2) is 48.8. The normalized spacial score (nSPS) is 15.9. The Labute approximate surface area is 611 Å². The lowest BCUT2D eigenvalue weighted by molar-refractivity contribution is -0.143. The molecule has 1 rings (SSSR count). The van der Waals surface area contributed by atoms with Gasteiger partial charge in [-0.2, -0.15) is 0 Å². The number of hydrogen-bond donors (Lipinski definition) is 21. The summed E-state index contributed by atoms with van der Waals surface area (Å²) in [5.74, 6) is -14.5. The molecule has 0 radical (unpaired) electrons. The Morgan fingerprint density at radius 2 is 0.625 bits per heavy atom. The number of aromatic hydroxyl groups is 1. The van der Waals surface area contributed by atoms with Crippen molar-refractivity contribution in [3.63, 3.8) is 0 Å². The first kappa shape index (κ1) is 93.9. The van der Waals surface area contributed by atoms with Gasteiger partial charge in [0.05, 0.1) is 18.2 Å². The number of benzene rings is 1. The summed E-state index contributed by atoms with van der Waals surface area (Å²) in [6.07, 6.45) is 1.03. The minimum absolute atomic E-state index is 0.0418. The summed E-state index contributed by atoms with van der Waals surface area (Å²) in [5, 5.41) is 72.6. The van der Waals surface area contributed by atoms with Gasteiger partial charge in [-0.05, 0) is 171 Å². The van der Waals surface area contributed by atoms with E-state index in [0.29, 0.717) is 76.4 Å². The highest BCUT2D eigenvalue weighted by atomic mass is 16.4. The summed E-state index contributed by atoms with van der Waals surface area (Å²) >= 11 is 0. The summed E-state index contributed by atoms with van der Waals surface area (Å²) in [4.78, 5) is 180. The quantitative estimate of drug-likeness (QED) is 0.0292. The molecule has 104 heavy (non-hydrogen) atoms. The molecule has 0 aliphatic carbocycles. The number of rotatable bonds is 51. The van der Waals surface area contributed by atoms with Gasteiger partial charge in [0.1, 0.15) is 78.3 Å². The molecule has 26 N–H and O–H groups in total. The van der Waals surface area contributed by atoms with Crippen molar-refractivity contribution in [2.45, 2.75) is 271 Å². The van der Waals surface area contributed by atoms with E-state index in [9.17, 15) is 82.8 Å². The van der Waals surface area contributed by atoms with Gasteiger partial charge in [-0.1, -0.05) is 87.8 Å². The summed E-state index contributed by atoms with van der Waals surface area (Å²) in [7, 11) is 0. The fourth-order valence-corrected chi connectivity index (χ4v) is 10.9. The van der Waals surface area contributed by atoms with Crippen LogP contribution in [0.4, 0.5) is 0 Å². The number of carbonyl (C=O) groups is 13. The van der Waals surface area contributed by atoms with E-state index in [1.54, 1.807) is 69.2 Å². The first-order valence-electron chi connectivity index (χ1n) is 36.3. The molecule has 0 spiro atoms. The second-order valence-electron chi connectivity index (χ2n) is 28.5. The molecule has 1 aromatic carbocycles. The van der Waals surface area contributed by atoms with E-state index in [4.69, 9.17) is 28.7 Å². The molecule has 0 saturated carbocycles. The van der Waals surface area contributed by atoms with Crippen LogP contribution in [0.1, 0.15) is 179 Å². The maximum absolute atomic E-state index is 14.4. The van der Waals surface area contributed by atoms with Gasteiger partial charge in [0.25, 0.3) is 0 Å². The molecule has 0 aliphatic rings. The molecule has 12 amide bonds. The lowest BCUT2D eigenvalue weighted by atomic mass is 9.98. The van der Waals surface area contributed by atoms with Gasteiger partial charge in [0.15, 0.2) is 0 Å². The number of aliphatic hydroxyl groups is 2. The van der Waals surface area contributed by atoms with Crippen LogP contribution in [0.2, 0.25) is 0 Å². The molecular weight excluding hydrogens is 1350 g/mol. The number of amides is 12. The largest absolute Gasteiger partial charge is 0.508 e. The van der Waals surface area contributed by atoms with E-state index in [2.05, 4.69) is 63.8 Å². The molecule has 1 aromatic rings. The molecule has 0 aromatic heterocycles. The van der Waals surface area contributed by atoms with Crippen molar-refractivity contribution in [3.8, 4) is 5.75 Å².